The molecular formula is C14H17N3O3S. The maximum atomic E-state index is 12.0. The first kappa shape index (κ1) is 13.2. The maximum Gasteiger partial charge on any atom is 0.438 e. The Balaban J connectivity index is 1.55. The highest BCUT2D eigenvalue weighted by molar-refractivity contribution is 7.13. The van der Waals surface area contributed by atoms with Gasteiger partial charge >= 0.3 is 5.76 Å². The van der Waals surface area contributed by atoms with Crippen LogP contribution in [-0.4, -0.2) is 40.0 Å². The zero-order valence-electron chi connectivity index (χ0n) is 11.6. The van der Waals surface area contributed by atoms with Crippen LogP contribution < -0.4 is 5.76 Å². The van der Waals surface area contributed by atoms with E-state index in [-0.39, 0.29) is 5.76 Å². The van der Waals surface area contributed by atoms with E-state index in [9.17, 15) is 4.79 Å². The molecule has 1 aliphatic heterocycles. The van der Waals surface area contributed by atoms with Crippen LogP contribution in [0.1, 0.15) is 19.3 Å². The standard InChI is InChI=1S/C14H17N3O3S/c18-14-17(15-13(20-14)12-5-2-8-21-12)9-16-6-7-19-11-4-1-3-10(11)16/h2,5,8,10-11H,1,3-4,6-7,9H2/t10-,11-/m0/s1. The molecule has 112 valence electrons. The van der Waals surface area contributed by atoms with Crippen molar-refractivity contribution in [3.05, 3.63) is 28.1 Å². The highest BCUT2D eigenvalue weighted by atomic mass is 32.1. The molecule has 1 saturated heterocycles. The normalized spacial score (nSPS) is 26.1. The van der Waals surface area contributed by atoms with Gasteiger partial charge in [0.15, 0.2) is 0 Å². The van der Waals surface area contributed by atoms with Crippen LogP contribution in [0, 0.1) is 0 Å². The highest BCUT2D eigenvalue weighted by Gasteiger charge is 2.36. The van der Waals surface area contributed by atoms with Gasteiger partial charge in [-0.3, -0.25) is 4.90 Å². The van der Waals surface area contributed by atoms with Crippen molar-refractivity contribution in [3.63, 3.8) is 0 Å². The molecule has 7 heteroatoms. The topological polar surface area (TPSA) is 60.5 Å². The fourth-order valence-electron chi connectivity index (χ4n) is 3.25. The van der Waals surface area contributed by atoms with Gasteiger partial charge in [0.25, 0.3) is 5.89 Å². The predicted octanol–water partition coefficient (Wildman–Crippen LogP) is 1.78. The van der Waals surface area contributed by atoms with Gasteiger partial charge in [0.2, 0.25) is 0 Å². The first-order valence-corrected chi connectivity index (χ1v) is 8.17. The van der Waals surface area contributed by atoms with E-state index < -0.39 is 0 Å². The largest absolute Gasteiger partial charge is 0.438 e. The van der Waals surface area contributed by atoms with Crippen LogP contribution in [0.5, 0.6) is 0 Å². The number of thiophene rings is 1. The minimum Gasteiger partial charge on any atom is -0.387 e. The molecule has 2 aromatic rings. The lowest BCUT2D eigenvalue weighted by atomic mass is 10.1. The zero-order valence-corrected chi connectivity index (χ0v) is 12.4. The second-order valence-electron chi connectivity index (χ2n) is 5.51. The van der Waals surface area contributed by atoms with E-state index in [4.69, 9.17) is 9.15 Å². The van der Waals surface area contributed by atoms with E-state index in [0.717, 1.165) is 30.9 Å². The van der Waals surface area contributed by atoms with Crippen molar-refractivity contribution in [3.8, 4) is 10.8 Å². The summed E-state index contributed by atoms with van der Waals surface area (Å²) >= 11 is 1.52. The average Bonchev–Trinajstić information content (AvgIpc) is 3.20. The Morgan fingerprint density at radius 2 is 2.38 bits per heavy atom. The van der Waals surface area contributed by atoms with E-state index in [1.807, 2.05) is 17.5 Å². The van der Waals surface area contributed by atoms with Gasteiger partial charge in [0.1, 0.15) is 6.67 Å². The zero-order chi connectivity index (χ0) is 14.2. The van der Waals surface area contributed by atoms with E-state index in [0.29, 0.717) is 24.7 Å². The molecule has 1 saturated carbocycles. The molecule has 0 unspecified atom stereocenters. The third-order valence-electron chi connectivity index (χ3n) is 4.25. The first-order valence-electron chi connectivity index (χ1n) is 7.29. The highest BCUT2D eigenvalue weighted by Crippen LogP contribution is 2.30. The molecule has 3 heterocycles. The summed E-state index contributed by atoms with van der Waals surface area (Å²) < 4.78 is 12.5. The summed E-state index contributed by atoms with van der Waals surface area (Å²) in [6.07, 6.45) is 3.77. The van der Waals surface area contributed by atoms with Gasteiger partial charge in [0.05, 0.1) is 17.6 Å². The SMILES string of the molecule is O=c1oc(-c2cccs2)nn1CN1CCO[C@H]2CCC[C@@H]21. The van der Waals surface area contributed by atoms with E-state index in [2.05, 4.69) is 10.00 Å². The molecule has 4 rings (SSSR count). The van der Waals surface area contributed by atoms with Crippen LogP contribution in [0.25, 0.3) is 10.8 Å². The molecule has 21 heavy (non-hydrogen) atoms. The van der Waals surface area contributed by atoms with Gasteiger partial charge in [-0.1, -0.05) is 6.07 Å². The van der Waals surface area contributed by atoms with E-state index in [1.165, 1.54) is 22.4 Å². The van der Waals surface area contributed by atoms with Crippen molar-refractivity contribution in [2.45, 2.75) is 38.1 Å². The summed E-state index contributed by atoms with van der Waals surface area (Å²) in [5.74, 6) is 0.0191. The molecule has 0 bridgehead atoms. The molecule has 0 amide bonds. The smallest absolute Gasteiger partial charge is 0.387 e. The van der Waals surface area contributed by atoms with Gasteiger partial charge in [0, 0.05) is 12.6 Å². The van der Waals surface area contributed by atoms with Crippen LogP contribution in [0.15, 0.2) is 26.7 Å². The minimum absolute atomic E-state index is 0.318. The molecule has 0 spiro atoms. The van der Waals surface area contributed by atoms with Crippen molar-refractivity contribution in [2.24, 2.45) is 0 Å². The summed E-state index contributed by atoms with van der Waals surface area (Å²) in [6.45, 7) is 2.05. The summed E-state index contributed by atoms with van der Waals surface area (Å²) in [7, 11) is 0. The number of nitrogens with zero attached hydrogens (tertiary/aromatic N) is 3. The fourth-order valence-corrected chi connectivity index (χ4v) is 3.89. The van der Waals surface area contributed by atoms with Crippen LogP contribution >= 0.6 is 11.3 Å². The number of fused-ring (bicyclic) bond motifs is 1. The Labute approximate surface area is 125 Å². The number of rotatable bonds is 3. The lowest BCUT2D eigenvalue weighted by molar-refractivity contribution is -0.0687. The number of aromatic nitrogens is 2. The van der Waals surface area contributed by atoms with Gasteiger partial charge in [-0.15, -0.1) is 16.4 Å². The molecule has 1 aliphatic carbocycles. The molecule has 2 atom stereocenters. The van der Waals surface area contributed by atoms with Crippen molar-refractivity contribution in [2.75, 3.05) is 13.2 Å². The number of hydrogen-bond acceptors (Lipinski definition) is 6. The first-order chi connectivity index (χ1) is 10.3. The Morgan fingerprint density at radius 3 is 3.24 bits per heavy atom. The molecule has 2 aromatic heterocycles. The van der Waals surface area contributed by atoms with E-state index >= 15 is 0 Å². The van der Waals surface area contributed by atoms with Crippen molar-refractivity contribution >= 4 is 11.3 Å². The van der Waals surface area contributed by atoms with Crippen LogP contribution in [0.4, 0.5) is 0 Å². The second-order valence-corrected chi connectivity index (χ2v) is 6.46. The van der Waals surface area contributed by atoms with E-state index in [1.54, 1.807) is 0 Å². The lowest BCUT2D eigenvalue weighted by Gasteiger charge is -2.36. The molecule has 2 aliphatic rings. The third kappa shape index (κ3) is 2.45. The Hall–Kier alpha value is -1.44. The van der Waals surface area contributed by atoms with Gasteiger partial charge in [-0.25, -0.2) is 4.79 Å². The van der Waals surface area contributed by atoms with Crippen LogP contribution in [-0.2, 0) is 11.4 Å². The third-order valence-corrected chi connectivity index (χ3v) is 5.11. The van der Waals surface area contributed by atoms with Crippen molar-refractivity contribution in [1.29, 1.82) is 0 Å². The molecular weight excluding hydrogens is 290 g/mol. The summed E-state index contributed by atoms with van der Waals surface area (Å²) in [5, 5.41) is 6.27. The molecule has 0 radical (unpaired) electrons. The molecule has 0 aromatic carbocycles. The van der Waals surface area contributed by atoms with Crippen LogP contribution in [0.2, 0.25) is 0 Å². The molecule has 2 fully saturated rings. The van der Waals surface area contributed by atoms with Gasteiger partial charge in [-0.2, -0.15) is 4.68 Å². The van der Waals surface area contributed by atoms with Crippen molar-refractivity contribution < 1.29 is 9.15 Å². The Kier molecular flexibility index (Phi) is 3.40. The molecule has 6 nitrogen and oxygen atoms in total. The number of morpholine rings is 1. The fraction of sp³-hybridized carbons (Fsp3) is 0.571. The lowest BCUT2D eigenvalue weighted by Crippen LogP contribution is -2.49. The maximum absolute atomic E-state index is 12.0. The Bertz CT molecular complexity index is 663. The van der Waals surface area contributed by atoms with Crippen molar-refractivity contribution in [1.82, 2.24) is 14.7 Å². The summed E-state index contributed by atoms with van der Waals surface area (Å²) in [6, 6.07) is 4.24. The Morgan fingerprint density at radius 1 is 1.43 bits per heavy atom. The molecule has 0 N–H and O–H groups in total. The minimum atomic E-state index is -0.389. The number of ether oxygens (including phenoxy) is 1. The quantitative estimate of drug-likeness (QED) is 0.865. The monoisotopic (exact) mass is 307 g/mol. The van der Waals surface area contributed by atoms with Crippen LogP contribution in [0.3, 0.4) is 0 Å². The van der Waals surface area contributed by atoms with Gasteiger partial charge < -0.3 is 9.15 Å². The summed E-state index contributed by atoms with van der Waals surface area (Å²) in [4.78, 5) is 15.2. The summed E-state index contributed by atoms with van der Waals surface area (Å²) in [5.41, 5.74) is 0. The predicted molar refractivity (Wildman–Crippen MR) is 78.2 cm³/mol. The second kappa shape index (κ2) is 5.40. The average molecular weight is 307 g/mol. The number of hydrogen-bond donors (Lipinski definition) is 0. The van der Waals surface area contributed by atoms with Gasteiger partial charge in [-0.05, 0) is 30.7 Å².